The van der Waals surface area contributed by atoms with Gasteiger partial charge < -0.3 is 4.90 Å². The van der Waals surface area contributed by atoms with Crippen molar-refractivity contribution < 1.29 is 21.6 Å². The standard InChI is InChI=1S/C17H19F3N4O2S/c1-13-4-2-5-14(12-13)27(25,26)24-9-3-8-23(10-11-24)16-21-7-6-15(22-16)17(18,19)20/h2,4-7,12H,3,8-11H2,1H3. The van der Waals surface area contributed by atoms with Crippen molar-refractivity contribution in [1.82, 2.24) is 14.3 Å². The van der Waals surface area contributed by atoms with Gasteiger partial charge in [0.15, 0.2) is 0 Å². The highest BCUT2D eigenvalue weighted by Gasteiger charge is 2.34. The molecule has 0 amide bonds. The number of benzene rings is 1. The van der Waals surface area contributed by atoms with Gasteiger partial charge in [-0.2, -0.15) is 17.5 Å². The van der Waals surface area contributed by atoms with Gasteiger partial charge in [-0.1, -0.05) is 12.1 Å². The van der Waals surface area contributed by atoms with Gasteiger partial charge in [0.05, 0.1) is 4.90 Å². The third-order valence-electron chi connectivity index (χ3n) is 4.30. The topological polar surface area (TPSA) is 66.4 Å². The molecule has 2 aromatic rings. The molecule has 1 saturated heterocycles. The fourth-order valence-electron chi connectivity index (χ4n) is 2.92. The van der Waals surface area contributed by atoms with Crippen molar-refractivity contribution in [1.29, 1.82) is 0 Å². The number of hydrogen-bond donors (Lipinski definition) is 0. The molecule has 1 aliphatic heterocycles. The number of hydrogen-bond acceptors (Lipinski definition) is 5. The molecule has 0 unspecified atom stereocenters. The normalized spacial score (nSPS) is 17.0. The summed E-state index contributed by atoms with van der Waals surface area (Å²) in [6.45, 7) is 2.84. The first-order valence-corrected chi connectivity index (χ1v) is 9.84. The Kier molecular flexibility index (Phi) is 5.38. The molecule has 0 N–H and O–H groups in total. The van der Waals surface area contributed by atoms with E-state index in [1.165, 1.54) is 4.31 Å². The first-order valence-electron chi connectivity index (χ1n) is 8.40. The lowest BCUT2D eigenvalue weighted by Gasteiger charge is -2.22. The van der Waals surface area contributed by atoms with Crippen molar-refractivity contribution in [2.45, 2.75) is 24.4 Å². The van der Waals surface area contributed by atoms with Crippen LogP contribution in [0.2, 0.25) is 0 Å². The van der Waals surface area contributed by atoms with Crippen LogP contribution in [0.1, 0.15) is 17.7 Å². The lowest BCUT2D eigenvalue weighted by Crippen LogP contribution is -2.35. The second-order valence-corrected chi connectivity index (χ2v) is 8.24. The number of aryl methyl sites for hydroxylation is 1. The van der Waals surface area contributed by atoms with Crippen molar-refractivity contribution >= 4 is 16.0 Å². The van der Waals surface area contributed by atoms with Crippen LogP contribution in [0.25, 0.3) is 0 Å². The third kappa shape index (κ3) is 4.38. The Morgan fingerprint density at radius 3 is 2.56 bits per heavy atom. The van der Waals surface area contributed by atoms with Crippen LogP contribution in [0.5, 0.6) is 0 Å². The first kappa shape index (κ1) is 19.6. The number of alkyl halides is 3. The van der Waals surface area contributed by atoms with E-state index < -0.39 is 21.9 Å². The molecule has 1 aromatic heterocycles. The Morgan fingerprint density at radius 1 is 1.07 bits per heavy atom. The van der Waals surface area contributed by atoms with Crippen molar-refractivity contribution in [2.24, 2.45) is 0 Å². The molecule has 10 heteroatoms. The summed E-state index contributed by atoms with van der Waals surface area (Å²) in [6, 6.07) is 7.46. The molecular formula is C17H19F3N4O2S. The van der Waals surface area contributed by atoms with Gasteiger partial charge in [-0.15, -0.1) is 0 Å². The fraction of sp³-hybridized carbons (Fsp3) is 0.412. The van der Waals surface area contributed by atoms with Gasteiger partial charge in [0.25, 0.3) is 0 Å². The van der Waals surface area contributed by atoms with E-state index in [1.807, 2.05) is 13.0 Å². The molecule has 0 spiro atoms. The largest absolute Gasteiger partial charge is 0.433 e. The minimum Gasteiger partial charge on any atom is -0.339 e. The third-order valence-corrected chi connectivity index (χ3v) is 6.19. The number of aromatic nitrogens is 2. The number of anilines is 1. The molecular weight excluding hydrogens is 381 g/mol. The highest BCUT2D eigenvalue weighted by molar-refractivity contribution is 7.89. The van der Waals surface area contributed by atoms with Crippen LogP contribution in [-0.2, 0) is 16.2 Å². The highest BCUT2D eigenvalue weighted by atomic mass is 32.2. The molecule has 0 radical (unpaired) electrons. The van der Waals surface area contributed by atoms with E-state index in [0.29, 0.717) is 13.0 Å². The van der Waals surface area contributed by atoms with E-state index in [2.05, 4.69) is 9.97 Å². The lowest BCUT2D eigenvalue weighted by atomic mass is 10.2. The van der Waals surface area contributed by atoms with Crippen LogP contribution in [0, 0.1) is 6.92 Å². The van der Waals surface area contributed by atoms with Crippen molar-refractivity contribution in [3.8, 4) is 0 Å². The van der Waals surface area contributed by atoms with Crippen LogP contribution >= 0.6 is 0 Å². The SMILES string of the molecule is Cc1cccc(S(=O)(=O)N2CCCN(c3nccc(C(F)(F)F)n3)CC2)c1. The number of sulfonamides is 1. The monoisotopic (exact) mass is 400 g/mol. The predicted octanol–water partition coefficient (Wildman–Crippen LogP) is 2.70. The molecule has 6 nitrogen and oxygen atoms in total. The maximum atomic E-state index is 12.9. The minimum absolute atomic E-state index is 0.0420. The van der Waals surface area contributed by atoms with E-state index >= 15 is 0 Å². The molecule has 1 aromatic carbocycles. The van der Waals surface area contributed by atoms with E-state index in [4.69, 9.17) is 0 Å². The summed E-state index contributed by atoms with van der Waals surface area (Å²) in [5.74, 6) is -0.0420. The van der Waals surface area contributed by atoms with Crippen LogP contribution in [-0.4, -0.2) is 48.9 Å². The van der Waals surface area contributed by atoms with Gasteiger partial charge in [0.2, 0.25) is 16.0 Å². The summed E-state index contributed by atoms with van der Waals surface area (Å²) < 4.78 is 65.6. The summed E-state index contributed by atoms with van der Waals surface area (Å²) in [5.41, 5.74) is -0.175. The van der Waals surface area contributed by atoms with Crippen LogP contribution in [0.4, 0.5) is 19.1 Å². The number of rotatable bonds is 3. The number of halogens is 3. The van der Waals surface area contributed by atoms with Gasteiger partial charge in [0.1, 0.15) is 5.69 Å². The van der Waals surface area contributed by atoms with E-state index in [-0.39, 0.29) is 30.5 Å². The average Bonchev–Trinajstić information content (AvgIpc) is 2.88. The summed E-state index contributed by atoms with van der Waals surface area (Å²) in [6.07, 6.45) is -3.02. The van der Waals surface area contributed by atoms with Crippen LogP contribution in [0.3, 0.4) is 0 Å². The van der Waals surface area contributed by atoms with Crippen molar-refractivity contribution in [3.05, 3.63) is 47.8 Å². The molecule has 0 atom stereocenters. The average molecular weight is 400 g/mol. The smallest absolute Gasteiger partial charge is 0.339 e. The Labute approximate surface area is 155 Å². The van der Waals surface area contributed by atoms with E-state index in [0.717, 1.165) is 17.8 Å². The molecule has 2 heterocycles. The summed E-state index contributed by atoms with van der Waals surface area (Å²) >= 11 is 0. The summed E-state index contributed by atoms with van der Waals surface area (Å²) in [7, 11) is -3.66. The van der Waals surface area contributed by atoms with Gasteiger partial charge in [-0.3, -0.25) is 0 Å². The molecule has 27 heavy (non-hydrogen) atoms. The quantitative estimate of drug-likeness (QED) is 0.793. The first-order chi connectivity index (χ1) is 12.7. The van der Waals surface area contributed by atoms with E-state index in [9.17, 15) is 21.6 Å². The van der Waals surface area contributed by atoms with Crippen molar-refractivity contribution in [3.63, 3.8) is 0 Å². The van der Waals surface area contributed by atoms with Crippen LogP contribution < -0.4 is 4.90 Å². The predicted molar refractivity (Wildman–Crippen MR) is 93.8 cm³/mol. The Morgan fingerprint density at radius 2 is 1.85 bits per heavy atom. The molecule has 3 rings (SSSR count). The Bertz CT molecular complexity index is 918. The second kappa shape index (κ2) is 7.43. The molecule has 1 aliphatic rings. The second-order valence-electron chi connectivity index (χ2n) is 6.30. The summed E-state index contributed by atoms with van der Waals surface area (Å²) in [5, 5.41) is 0. The molecule has 146 valence electrons. The van der Waals surface area contributed by atoms with Crippen LogP contribution in [0.15, 0.2) is 41.4 Å². The minimum atomic E-state index is -4.55. The van der Waals surface area contributed by atoms with Gasteiger partial charge >= 0.3 is 6.18 Å². The van der Waals surface area contributed by atoms with E-state index in [1.54, 1.807) is 23.1 Å². The fourth-order valence-corrected chi connectivity index (χ4v) is 4.49. The van der Waals surface area contributed by atoms with Gasteiger partial charge in [-0.25, -0.2) is 18.4 Å². The van der Waals surface area contributed by atoms with Crippen molar-refractivity contribution in [2.75, 3.05) is 31.1 Å². The number of nitrogens with zero attached hydrogens (tertiary/aromatic N) is 4. The molecule has 0 bridgehead atoms. The zero-order valence-corrected chi connectivity index (χ0v) is 15.5. The summed E-state index contributed by atoms with van der Waals surface area (Å²) in [4.78, 5) is 9.31. The molecule has 0 saturated carbocycles. The highest BCUT2D eigenvalue weighted by Crippen LogP contribution is 2.28. The molecule has 0 aliphatic carbocycles. The Balaban J connectivity index is 1.78. The zero-order valence-electron chi connectivity index (χ0n) is 14.6. The molecule has 1 fully saturated rings. The maximum absolute atomic E-state index is 12.9. The van der Waals surface area contributed by atoms with Gasteiger partial charge in [0, 0.05) is 32.4 Å². The van der Waals surface area contributed by atoms with Gasteiger partial charge in [-0.05, 0) is 37.1 Å². The Hall–Kier alpha value is -2.20. The lowest BCUT2D eigenvalue weighted by molar-refractivity contribution is -0.141. The zero-order chi connectivity index (χ0) is 19.7. The maximum Gasteiger partial charge on any atom is 0.433 e.